The van der Waals surface area contributed by atoms with Crippen molar-refractivity contribution in [3.8, 4) is 0 Å². The Bertz CT molecular complexity index is 202. The second-order valence-electron chi connectivity index (χ2n) is 4.44. The van der Waals surface area contributed by atoms with Gasteiger partial charge in [0.1, 0.15) is 0 Å². The van der Waals surface area contributed by atoms with E-state index in [2.05, 4.69) is 6.42 Å². The Morgan fingerprint density at radius 1 is 1.43 bits per heavy atom. The molecule has 0 saturated carbocycles. The van der Waals surface area contributed by atoms with E-state index in [1.54, 1.807) is 4.90 Å². The minimum absolute atomic E-state index is 0.368. The second-order valence-corrected chi connectivity index (χ2v) is 4.44. The third-order valence-corrected chi connectivity index (χ3v) is 2.81. The van der Waals surface area contributed by atoms with Gasteiger partial charge in [0.25, 0.3) is 5.91 Å². The summed E-state index contributed by atoms with van der Waals surface area (Å²) in [5, 5.41) is 0. The van der Waals surface area contributed by atoms with Crippen LogP contribution in [-0.4, -0.2) is 29.6 Å². The van der Waals surface area contributed by atoms with E-state index in [0.717, 1.165) is 12.8 Å². The first kappa shape index (κ1) is 11.5. The SMILES string of the molecule is C[CH]C1CCN(C(=O)C(C)(C)F)CC1. The Kier molecular flexibility index (Phi) is 3.51. The predicted octanol–water partition coefficient (Wildman–Crippen LogP) is 2.20. The molecular weight excluding hydrogens is 181 g/mol. The lowest BCUT2D eigenvalue weighted by atomic mass is 9.93. The van der Waals surface area contributed by atoms with E-state index >= 15 is 0 Å². The molecule has 1 aliphatic heterocycles. The molecule has 0 spiro atoms. The van der Waals surface area contributed by atoms with Gasteiger partial charge < -0.3 is 4.90 Å². The average molecular weight is 200 g/mol. The van der Waals surface area contributed by atoms with Crippen molar-refractivity contribution in [2.24, 2.45) is 5.92 Å². The molecule has 1 heterocycles. The zero-order valence-electron chi connectivity index (χ0n) is 9.22. The van der Waals surface area contributed by atoms with Gasteiger partial charge >= 0.3 is 0 Å². The molecule has 1 aliphatic rings. The highest BCUT2D eigenvalue weighted by Crippen LogP contribution is 2.22. The van der Waals surface area contributed by atoms with E-state index in [1.165, 1.54) is 13.8 Å². The zero-order chi connectivity index (χ0) is 10.8. The van der Waals surface area contributed by atoms with Crippen molar-refractivity contribution in [1.29, 1.82) is 0 Å². The molecule has 1 rings (SSSR count). The monoisotopic (exact) mass is 200 g/mol. The largest absolute Gasteiger partial charge is 0.340 e. The predicted molar refractivity (Wildman–Crippen MR) is 54.5 cm³/mol. The number of hydrogen-bond donors (Lipinski definition) is 0. The maximum atomic E-state index is 13.3. The third-order valence-electron chi connectivity index (χ3n) is 2.81. The summed E-state index contributed by atoms with van der Waals surface area (Å²) in [5.74, 6) is 0.230. The first-order chi connectivity index (χ1) is 6.45. The number of likely N-dealkylation sites (tertiary alicyclic amines) is 1. The fourth-order valence-corrected chi connectivity index (χ4v) is 1.81. The summed E-state index contributed by atoms with van der Waals surface area (Å²) < 4.78 is 13.3. The lowest BCUT2D eigenvalue weighted by molar-refractivity contribution is -0.143. The molecule has 1 radical (unpaired) electrons. The highest BCUT2D eigenvalue weighted by atomic mass is 19.1. The van der Waals surface area contributed by atoms with Crippen LogP contribution in [0.3, 0.4) is 0 Å². The van der Waals surface area contributed by atoms with Crippen LogP contribution in [-0.2, 0) is 4.79 Å². The van der Waals surface area contributed by atoms with E-state index in [9.17, 15) is 9.18 Å². The molecule has 0 aromatic carbocycles. The highest BCUT2D eigenvalue weighted by molar-refractivity contribution is 5.84. The minimum Gasteiger partial charge on any atom is -0.340 e. The maximum Gasteiger partial charge on any atom is 0.259 e. The number of alkyl halides is 1. The van der Waals surface area contributed by atoms with Crippen molar-refractivity contribution in [2.75, 3.05) is 13.1 Å². The molecule has 1 saturated heterocycles. The summed E-state index contributed by atoms with van der Waals surface area (Å²) in [6, 6.07) is 0. The van der Waals surface area contributed by atoms with Crippen LogP contribution in [0.1, 0.15) is 33.6 Å². The summed E-state index contributed by atoms with van der Waals surface area (Å²) in [4.78, 5) is 13.2. The van der Waals surface area contributed by atoms with Crippen molar-refractivity contribution >= 4 is 5.91 Å². The van der Waals surface area contributed by atoms with Gasteiger partial charge in [-0.2, -0.15) is 0 Å². The summed E-state index contributed by atoms with van der Waals surface area (Å²) in [6.45, 7) is 6.09. The van der Waals surface area contributed by atoms with Crippen molar-refractivity contribution in [3.05, 3.63) is 6.42 Å². The third kappa shape index (κ3) is 2.69. The number of rotatable bonds is 2. The Labute approximate surface area is 85.5 Å². The van der Waals surface area contributed by atoms with Crippen LogP contribution >= 0.6 is 0 Å². The van der Waals surface area contributed by atoms with E-state index in [-0.39, 0.29) is 5.91 Å². The second kappa shape index (κ2) is 4.28. The maximum absolute atomic E-state index is 13.3. The Morgan fingerprint density at radius 3 is 2.29 bits per heavy atom. The number of halogens is 1. The minimum atomic E-state index is -1.72. The molecule has 0 atom stereocenters. The van der Waals surface area contributed by atoms with Crippen LogP contribution in [0.4, 0.5) is 4.39 Å². The molecular formula is C11H19FNO. The Morgan fingerprint density at radius 2 is 1.93 bits per heavy atom. The number of carbonyl (C=O) groups is 1. The lowest BCUT2D eigenvalue weighted by Crippen LogP contribution is -2.46. The van der Waals surface area contributed by atoms with Crippen LogP contribution in [0.2, 0.25) is 0 Å². The number of nitrogens with zero attached hydrogens (tertiary/aromatic N) is 1. The summed E-state index contributed by atoms with van der Waals surface area (Å²) in [6.07, 6.45) is 4.11. The van der Waals surface area contributed by atoms with E-state index in [4.69, 9.17) is 0 Å². The Balaban J connectivity index is 2.46. The standard InChI is InChI=1S/C11H19FNO/c1-4-9-5-7-13(8-6-9)10(14)11(2,3)12/h4,9H,5-8H2,1-3H3. The van der Waals surface area contributed by atoms with Gasteiger partial charge in [-0.15, -0.1) is 0 Å². The molecule has 0 aromatic rings. The molecule has 0 aromatic heterocycles. The van der Waals surface area contributed by atoms with Gasteiger partial charge in [-0.05, 0) is 39.0 Å². The van der Waals surface area contributed by atoms with Gasteiger partial charge in [0.05, 0.1) is 0 Å². The van der Waals surface area contributed by atoms with Gasteiger partial charge in [0.2, 0.25) is 0 Å². The molecule has 3 heteroatoms. The fourth-order valence-electron chi connectivity index (χ4n) is 1.81. The zero-order valence-corrected chi connectivity index (χ0v) is 9.22. The van der Waals surface area contributed by atoms with Crippen molar-refractivity contribution in [3.63, 3.8) is 0 Å². The van der Waals surface area contributed by atoms with Gasteiger partial charge in [-0.3, -0.25) is 4.79 Å². The molecule has 0 unspecified atom stereocenters. The van der Waals surface area contributed by atoms with E-state index < -0.39 is 5.67 Å². The van der Waals surface area contributed by atoms with E-state index in [1.807, 2.05) is 6.92 Å². The summed E-state index contributed by atoms with van der Waals surface area (Å²) in [7, 11) is 0. The number of hydrogen-bond acceptors (Lipinski definition) is 1. The molecule has 0 N–H and O–H groups in total. The van der Waals surface area contributed by atoms with Crippen molar-refractivity contribution in [1.82, 2.24) is 4.90 Å². The number of piperidine rings is 1. The highest BCUT2D eigenvalue weighted by Gasteiger charge is 2.33. The lowest BCUT2D eigenvalue weighted by Gasteiger charge is -2.33. The summed E-state index contributed by atoms with van der Waals surface area (Å²) >= 11 is 0. The number of carbonyl (C=O) groups excluding carboxylic acids is 1. The molecule has 1 fully saturated rings. The van der Waals surface area contributed by atoms with Crippen LogP contribution in [0, 0.1) is 12.3 Å². The summed E-state index contributed by atoms with van der Waals surface area (Å²) in [5.41, 5.74) is -1.72. The van der Waals surface area contributed by atoms with Crippen molar-refractivity contribution < 1.29 is 9.18 Å². The fraction of sp³-hybridized carbons (Fsp3) is 0.818. The molecule has 1 amide bonds. The molecule has 81 valence electrons. The normalized spacial score (nSPS) is 19.9. The van der Waals surface area contributed by atoms with Gasteiger partial charge in [0.15, 0.2) is 5.67 Å². The van der Waals surface area contributed by atoms with Crippen LogP contribution in [0.15, 0.2) is 0 Å². The van der Waals surface area contributed by atoms with Gasteiger partial charge in [0, 0.05) is 13.1 Å². The van der Waals surface area contributed by atoms with Gasteiger partial charge in [-0.1, -0.05) is 6.92 Å². The average Bonchev–Trinajstić information content (AvgIpc) is 2.15. The Hall–Kier alpha value is -0.600. The quantitative estimate of drug-likeness (QED) is 0.669. The van der Waals surface area contributed by atoms with Crippen molar-refractivity contribution in [2.45, 2.75) is 39.3 Å². The molecule has 2 nitrogen and oxygen atoms in total. The molecule has 0 aliphatic carbocycles. The van der Waals surface area contributed by atoms with Crippen LogP contribution in [0.25, 0.3) is 0 Å². The smallest absolute Gasteiger partial charge is 0.259 e. The first-order valence-corrected chi connectivity index (χ1v) is 5.23. The van der Waals surface area contributed by atoms with Crippen LogP contribution in [0.5, 0.6) is 0 Å². The van der Waals surface area contributed by atoms with E-state index in [0.29, 0.717) is 19.0 Å². The molecule has 0 bridgehead atoms. The van der Waals surface area contributed by atoms with Gasteiger partial charge in [-0.25, -0.2) is 4.39 Å². The first-order valence-electron chi connectivity index (χ1n) is 5.23. The number of amides is 1. The topological polar surface area (TPSA) is 20.3 Å². The molecule has 14 heavy (non-hydrogen) atoms. The van der Waals surface area contributed by atoms with Crippen LogP contribution < -0.4 is 0 Å².